The van der Waals surface area contributed by atoms with Crippen LogP contribution in [0.1, 0.15) is 41.0 Å². The standard InChI is InChI=1S/C30H34N2O9/c1-16-14-21(34)30(38)29(39-16)40-27-25(36)22(17(2)31-28(37)19-12-8-5-9-13-19)24(35)23(26(27)41-30)32(3)15-20(33)18-10-6-4-7-11-18/h4-13,16,22-27,29,35-36,38H,14-15H2,1-3H3/t16-,22-,23+,24?,25+,26?,27?,29?,30+/m1/s1. The molecule has 3 N–H and O–H groups in total. The summed E-state index contributed by atoms with van der Waals surface area (Å²) in [6.07, 6.45) is -7.56. The smallest absolute Gasteiger partial charge is 0.280 e. The van der Waals surface area contributed by atoms with Crippen LogP contribution in [0.4, 0.5) is 0 Å². The molecule has 5 rings (SSSR count). The lowest BCUT2D eigenvalue weighted by Gasteiger charge is -2.56. The van der Waals surface area contributed by atoms with Gasteiger partial charge in [-0.15, -0.1) is 0 Å². The average Bonchev–Trinajstić information content (AvgIpc) is 2.94. The summed E-state index contributed by atoms with van der Waals surface area (Å²) < 4.78 is 17.6. The molecule has 11 nitrogen and oxygen atoms in total. The summed E-state index contributed by atoms with van der Waals surface area (Å²) in [4.78, 5) is 44.5. The Labute approximate surface area is 237 Å². The summed E-state index contributed by atoms with van der Waals surface area (Å²) in [7, 11) is 1.59. The Morgan fingerprint density at radius 1 is 0.976 bits per heavy atom. The van der Waals surface area contributed by atoms with Crippen molar-refractivity contribution in [2.45, 2.75) is 68.9 Å². The minimum Gasteiger partial charge on any atom is -0.391 e. The lowest BCUT2D eigenvalue weighted by molar-refractivity contribution is -0.423. The number of Topliss-reactive ketones (excluding diaryl/α,β-unsaturated/α-hetero) is 2. The molecule has 1 saturated carbocycles. The van der Waals surface area contributed by atoms with Gasteiger partial charge in [0.2, 0.25) is 6.29 Å². The van der Waals surface area contributed by atoms with Crippen molar-refractivity contribution < 1.29 is 43.9 Å². The van der Waals surface area contributed by atoms with E-state index in [0.29, 0.717) is 11.1 Å². The summed E-state index contributed by atoms with van der Waals surface area (Å²) in [5.74, 6) is -5.04. The Kier molecular flexibility index (Phi) is 8.31. The number of carbonyl (C=O) groups is 3. The first-order valence-electron chi connectivity index (χ1n) is 13.5. The Morgan fingerprint density at radius 3 is 2.22 bits per heavy atom. The number of rotatable bonds is 6. The minimum absolute atomic E-state index is 0.123. The number of likely N-dealkylation sites (N-methyl/N-ethyl adjacent to an activating group) is 1. The highest BCUT2D eigenvalue weighted by molar-refractivity contribution is 6.04. The molecule has 2 aromatic carbocycles. The van der Waals surface area contributed by atoms with Gasteiger partial charge in [0, 0.05) is 23.3 Å². The first kappa shape index (κ1) is 29.3. The molecule has 0 bridgehead atoms. The van der Waals surface area contributed by atoms with E-state index in [-0.39, 0.29) is 24.5 Å². The molecule has 2 aromatic rings. The zero-order valence-electron chi connectivity index (χ0n) is 23.0. The number of amides is 1. The zero-order valence-corrected chi connectivity index (χ0v) is 23.0. The predicted octanol–water partition coefficient (Wildman–Crippen LogP) is 0.999. The quantitative estimate of drug-likeness (QED) is 0.341. The van der Waals surface area contributed by atoms with Gasteiger partial charge in [-0.2, -0.15) is 0 Å². The number of benzene rings is 2. The van der Waals surface area contributed by atoms with Crippen LogP contribution >= 0.6 is 0 Å². The van der Waals surface area contributed by atoms with Gasteiger partial charge < -0.3 is 29.5 Å². The van der Waals surface area contributed by atoms with Crippen LogP contribution in [0.15, 0.2) is 65.7 Å². The highest BCUT2D eigenvalue weighted by Gasteiger charge is 2.64. The molecule has 0 spiro atoms. The molecule has 41 heavy (non-hydrogen) atoms. The monoisotopic (exact) mass is 566 g/mol. The lowest BCUT2D eigenvalue weighted by Crippen LogP contribution is -2.76. The molecule has 11 heteroatoms. The van der Waals surface area contributed by atoms with E-state index in [0.717, 1.165) is 0 Å². The van der Waals surface area contributed by atoms with Gasteiger partial charge in [0.15, 0.2) is 11.6 Å². The van der Waals surface area contributed by atoms with E-state index in [9.17, 15) is 29.7 Å². The minimum atomic E-state index is -2.46. The van der Waals surface area contributed by atoms with E-state index >= 15 is 0 Å². The maximum atomic E-state index is 13.1. The normalized spacial score (nSPS) is 35.5. The van der Waals surface area contributed by atoms with Gasteiger partial charge in [0.1, 0.15) is 12.2 Å². The van der Waals surface area contributed by atoms with Crippen molar-refractivity contribution in [1.29, 1.82) is 0 Å². The molecular weight excluding hydrogens is 532 g/mol. The molecule has 0 aromatic heterocycles. The van der Waals surface area contributed by atoms with E-state index in [1.54, 1.807) is 74.6 Å². The molecule has 9 atom stereocenters. The fourth-order valence-electron chi connectivity index (χ4n) is 5.92. The number of aliphatic hydroxyl groups is 3. The average molecular weight is 567 g/mol. The van der Waals surface area contributed by atoms with Crippen molar-refractivity contribution in [2.75, 3.05) is 13.6 Å². The Hall–Kier alpha value is -3.16. The van der Waals surface area contributed by atoms with Crippen molar-refractivity contribution in [1.82, 2.24) is 4.90 Å². The van der Waals surface area contributed by atoms with Crippen molar-refractivity contribution in [2.24, 2.45) is 10.9 Å². The molecular formula is C30H34N2O9. The molecule has 2 heterocycles. The fraction of sp³-hybridized carbons (Fsp3) is 0.467. The number of hydrogen-bond donors (Lipinski definition) is 3. The van der Waals surface area contributed by atoms with E-state index in [2.05, 4.69) is 4.99 Å². The predicted molar refractivity (Wildman–Crippen MR) is 145 cm³/mol. The Morgan fingerprint density at radius 2 is 1.59 bits per heavy atom. The fourth-order valence-corrected chi connectivity index (χ4v) is 5.92. The van der Waals surface area contributed by atoms with Crippen molar-refractivity contribution in [3.05, 3.63) is 71.8 Å². The number of hydrogen-bond acceptors (Lipinski definition) is 10. The zero-order chi connectivity index (χ0) is 29.5. The van der Waals surface area contributed by atoms with Crippen LogP contribution in [0.25, 0.3) is 0 Å². The van der Waals surface area contributed by atoms with Gasteiger partial charge in [-0.25, -0.2) is 4.99 Å². The summed E-state index contributed by atoms with van der Waals surface area (Å²) in [5, 5.41) is 34.4. The van der Waals surface area contributed by atoms with Crippen molar-refractivity contribution >= 4 is 23.2 Å². The highest BCUT2D eigenvalue weighted by Crippen LogP contribution is 2.43. The van der Waals surface area contributed by atoms with Crippen LogP contribution < -0.4 is 0 Å². The van der Waals surface area contributed by atoms with Gasteiger partial charge in [-0.05, 0) is 33.0 Å². The molecule has 4 unspecified atom stereocenters. The number of ether oxygens (including phenoxy) is 3. The lowest BCUT2D eigenvalue weighted by atomic mass is 9.73. The molecule has 1 aliphatic carbocycles. The molecule has 3 fully saturated rings. The first-order chi connectivity index (χ1) is 19.5. The maximum absolute atomic E-state index is 13.1. The van der Waals surface area contributed by atoms with Crippen LogP contribution in [0.3, 0.4) is 0 Å². The molecule has 2 aliphatic heterocycles. The summed E-state index contributed by atoms with van der Waals surface area (Å²) in [6.45, 7) is 3.01. The number of aliphatic imine (C=N–C) groups is 1. The first-order valence-corrected chi connectivity index (χ1v) is 13.5. The van der Waals surface area contributed by atoms with Crippen LogP contribution in [0, 0.1) is 5.92 Å². The molecule has 3 aliphatic rings. The van der Waals surface area contributed by atoms with Gasteiger partial charge in [0.05, 0.1) is 36.8 Å². The van der Waals surface area contributed by atoms with Gasteiger partial charge >= 0.3 is 0 Å². The van der Waals surface area contributed by atoms with E-state index in [1.807, 2.05) is 0 Å². The number of carbonyl (C=O) groups excluding carboxylic acids is 3. The highest BCUT2D eigenvalue weighted by atomic mass is 16.8. The number of fused-ring (bicyclic) bond motifs is 2. The van der Waals surface area contributed by atoms with Gasteiger partial charge in [0.25, 0.3) is 11.7 Å². The van der Waals surface area contributed by atoms with Gasteiger partial charge in [-0.1, -0.05) is 48.5 Å². The van der Waals surface area contributed by atoms with E-state index in [4.69, 9.17) is 14.2 Å². The summed E-state index contributed by atoms with van der Waals surface area (Å²) in [5.41, 5.74) is 0.925. The third-order valence-electron chi connectivity index (χ3n) is 8.01. The Balaban J connectivity index is 1.50. The van der Waals surface area contributed by atoms with Crippen LogP contribution in [-0.2, 0) is 19.0 Å². The number of ketones is 2. The second-order valence-corrected chi connectivity index (χ2v) is 10.9. The second kappa shape index (κ2) is 11.6. The van der Waals surface area contributed by atoms with Crippen molar-refractivity contribution in [3.8, 4) is 0 Å². The summed E-state index contributed by atoms with van der Waals surface area (Å²) in [6, 6.07) is 15.9. The van der Waals surface area contributed by atoms with Crippen LogP contribution in [-0.4, -0.2) is 106 Å². The summed E-state index contributed by atoms with van der Waals surface area (Å²) >= 11 is 0. The third-order valence-corrected chi connectivity index (χ3v) is 8.01. The Bertz CT molecular complexity index is 1320. The molecule has 0 radical (unpaired) electrons. The molecule has 218 valence electrons. The van der Waals surface area contributed by atoms with Crippen LogP contribution in [0.5, 0.6) is 0 Å². The topological polar surface area (TPSA) is 155 Å². The largest absolute Gasteiger partial charge is 0.391 e. The second-order valence-electron chi connectivity index (χ2n) is 10.9. The van der Waals surface area contributed by atoms with E-state index in [1.165, 1.54) is 11.8 Å². The van der Waals surface area contributed by atoms with Gasteiger partial charge in [-0.3, -0.25) is 19.3 Å². The number of nitrogens with zero attached hydrogens (tertiary/aromatic N) is 2. The maximum Gasteiger partial charge on any atom is 0.280 e. The SMILES string of the molecule is CC(=NC(=O)c1ccccc1)[C@@H]1C(O)[C@H](N(C)CC(=O)c2ccccc2)C2O[C@@]3(O)C(=O)C[C@@H](C)OC3OC2[C@H]1O. The van der Waals surface area contributed by atoms with E-state index < -0.39 is 66.2 Å². The third kappa shape index (κ3) is 5.54. The molecule has 1 amide bonds. The van der Waals surface area contributed by atoms with Crippen LogP contribution in [0.2, 0.25) is 0 Å². The van der Waals surface area contributed by atoms with Crippen molar-refractivity contribution in [3.63, 3.8) is 0 Å². The number of aliphatic hydroxyl groups excluding tert-OH is 2. The molecule has 2 saturated heterocycles.